The van der Waals surface area contributed by atoms with E-state index in [0.29, 0.717) is 17.4 Å². The number of hydrogen-bond donors (Lipinski definition) is 1. The molecule has 2 N–H and O–H groups in total. The van der Waals surface area contributed by atoms with Gasteiger partial charge in [-0.15, -0.1) is 0 Å². The predicted molar refractivity (Wildman–Crippen MR) is 164 cm³/mol. The Balaban J connectivity index is 1.15. The highest BCUT2D eigenvalue weighted by atomic mass is 16.5. The van der Waals surface area contributed by atoms with E-state index in [1.165, 1.54) is 11.9 Å². The highest BCUT2D eigenvalue weighted by Gasteiger charge is 2.23. The Bertz CT molecular complexity index is 1780. The molecule has 2 fully saturated rings. The average molecular weight is 573 g/mol. The van der Waals surface area contributed by atoms with E-state index in [1.54, 1.807) is 12.3 Å². The summed E-state index contributed by atoms with van der Waals surface area (Å²) < 4.78 is 7.69. The van der Waals surface area contributed by atoms with Crippen LogP contribution in [0.15, 0.2) is 67.1 Å². The number of anilines is 2. The van der Waals surface area contributed by atoms with Gasteiger partial charge in [-0.1, -0.05) is 12.1 Å². The third-order valence-electron chi connectivity index (χ3n) is 8.31. The molecule has 2 aliphatic heterocycles. The topological polar surface area (TPSA) is 135 Å². The number of aromatic nitrogens is 6. The van der Waals surface area contributed by atoms with Crippen molar-refractivity contribution in [1.82, 2.24) is 34.4 Å². The minimum atomic E-state index is 0.374. The number of hydrogen-bond acceptors (Lipinski definition) is 10. The van der Waals surface area contributed by atoms with Gasteiger partial charge in [0.15, 0.2) is 11.5 Å². The van der Waals surface area contributed by atoms with Gasteiger partial charge in [0.2, 0.25) is 0 Å². The van der Waals surface area contributed by atoms with Crippen molar-refractivity contribution in [2.45, 2.75) is 25.3 Å². The van der Waals surface area contributed by atoms with Crippen molar-refractivity contribution < 1.29 is 4.74 Å². The van der Waals surface area contributed by atoms with Crippen LogP contribution in [0.4, 0.5) is 11.6 Å². The standard InChI is InChI=1S/C32H32N10O/c33-19-24-18-29(37-21-36-24)41-14-12-40(13-15-41)20-22-3-5-25(6-4-22)42-31(26-2-1-11-35-30(26)34)39-28-8-7-27(38-32(28)42)23-9-16-43-17-10-23/h1-8,11,18,21,23H,9-10,12-17,20H2,(H2,34,35). The van der Waals surface area contributed by atoms with Crippen molar-refractivity contribution >= 4 is 22.8 Å². The van der Waals surface area contributed by atoms with Crippen LogP contribution in [0.5, 0.6) is 0 Å². The fraction of sp³-hybridized carbons (Fsp3) is 0.312. The zero-order chi connectivity index (χ0) is 29.2. The first-order valence-corrected chi connectivity index (χ1v) is 14.6. The van der Waals surface area contributed by atoms with E-state index in [1.807, 2.05) is 12.1 Å². The van der Waals surface area contributed by atoms with Gasteiger partial charge in [0.25, 0.3) is 0 Å². The summed E-state index contributed by atoms with van der Waals surface area (Å²) in [5.41, 5.74) is 12.4. The lowest BCUT2D eigenvalue weighted by Crippen LogP contribution is -2.46. The summed E-state index contributed by atoms with van der Waals surface area (Å²) >= 11 is 0. The Morgan fingerprint density at radius 1 is 0.930 bits per heavy atom. The molecule has 0 amide bonds. The first-order chi connectivity index (χ1) is 21.2. The minimum Gasteiger partial charge on any atom is -0.383 e. The molecule has 0 spiro atoms. The number of ether oxygens (including phenoxy) is 1. The molecule has 11 nitrogen and oxygen atoms in total. The third-order valence-corrected chi connectivity index (χ3v) is 8.31. The number of rotatable bonds is 6. The lowest BCUT2D eigenvalue weighted by molar-refractivity contribution is 0.0845. The number of nitrogens with zero attached hydrogens (tertiary/aromatic N) is 9. The van der Waals surface area contributed by atoms with Gasteiger partial charge < -0.3 is 15.4 Å². The molecule has 1 aromatic carbocycles. The van der Waals surface area contributed by atoms with Crippen LogP contribution in [-0.2, 0) is 11.3 Å². The minimum absolute atomic E-state index is 0.374. The van der Waals surface area contributed by atoms with Crippen LogP contribution in [0.25, 0.3) is 28.2 Å². The van der Waals surface area contributed by atoms with Crippen molar-refractivity contribution in [3.8, 4) is 23.1 Å². The normalized spacial score (nSPS) is 16.4. The Kier molecular flexibility index (Phi) is 7.37. The molecular weight excluding hydrogens is 540 g/mol. The molecular formula is C32H32N10O. The molecule has 0 radical (unpaired) electrons. The van der Waals surface area contributed by atoms with Gasteiger partial charge in [-0.05, 0) is 54.8 Å². The van der Waals surface area contributed by atoms with E-state index in [-0.39, 0.29) is 0 Å². The Labute approximate surface area is 249 Å². The summed E-state index contributed by atoms with van der Waals surface area (Å²) in [4.78, 5) is 27.4. The Hall–Kier alpha value is -4.92. The van der Waals surface area contributed by atoms with Gasteiger partial charge in [-0.2, -0.15) is 5.26 Å². The van der Waals surface area contributed by atoms with E-state index < -0.39 is 0 Å². The molecule has 43 heavy (non-hydrogen) atoms. The maximum atomic E-state index is 9.16. The molecule has 0 unspecified atom stereocenters. The van der Waals surface area contributed by atoms with Crippen LogP contribution in [0, 0.1) is 11.3 Å². The number of piperazine rings is 1. The molecule has 0 saturated carbocycles. The van der Waals surface area contributed by atoms with Crippen molar-refractivity contribution in [2.75, 3.05) is 50.0 Å². The largest absolute Gasteiger partial charge is 0.383 e. The van der Waals surface area contributed by atoms with Crippen LogP contribution < -0.4 is 10.6 Å². The number of nitrogens with two attached hydrogens (primary N) is 1. The molecule has 6 heterocycles. The number of benzene rings is 1. The van der Waals surface area contributed by atoms with E-state index in [0.717, 1.165) is 98.5 Å². The highest BCUT2D eigenvalue weighted by Crippen LogP contribution is 2.33. The van der Waals surface area contributed by atoms with Gasteiger partial charge in [-0.25, -0.2) is 24.9 Å². The SMILES string of the molecule is N#Cc1cc(N2CCN(Cc3ccc(-n4c(-c5cccnc5N)nc5ccc(C6CCOCC6)nc54)cc3)CC2)ncn1. The van der Waals surface area contributed by atoms with E-state index >= 15 is 0 Å². The monoisotopic (exact) mass is 572 g/mol. The summed E-state index contributed by atoms with van der Waals surface area (Å²) in [5, 5.41) is 9.16. The number of pyridine rings is 2. The van der Waals surface area contributed by atoms with Gasteiger partial charge in [0.05, 0.1) is 5.56 Å². The maximum Gasteiger partial charge on any atom is 0.165 e. The lowest BCUT2D eigenvalue weighted by Gasteiger charge is -2.35. The van der Waals surface area contributed by atoms with Crippen molar-refractivity contribution in [1.29, 1.82) is 5.26 Å². The van der Waals surface area contributed by atoms with Gasteiger partial charge in [-0.3, -0.25) is 9.47 Å². The molecule has 0 aliphatic carbocycles. The van der Waals surface area contributed by atoms with E-state index in [9.17, 15) is 0 Å². The summed E-state index contributed by atoms with van der Waals surface area (Å²) in [6, 6.07) is 20.5. The predicted octanol–water partition coefficient (Wildman–Crippen LogP) is 3.94. The van der Waals surface area contributed by atoms with Crippen LogP contribution in [0.2, 0.25) is 0 Å². The first-order valence-electron chi connectivity index (χ1n) is 14.6. The second kappa shape index (κ2) is 11.8. The highest BCUT2D eigenvalue weighted by molar-refractivity contribution is 5.83. The van der Waals surface area contributed by atoms with Gasteiger partial charge in [0.1, 0.15) is 35.2 Å². The molecule has 11 heteroatoms. The van der Waals surface area contributed by atoms with Crippen LogP contribution in [0.3, 0.4) is 0 Å². The molecule has 0 bridgehead atoms. The van der Waals surface area contributed by atoms with Crippen LogP contribution in [0.1, 0.15) is 35.7 Å². The van der Waals surface area contributed by atoms with Gasteiger partial charge in [0, 0.05) is 75.5 Å². The quantitative estimate of drug-likeness (QED) is 0.319. The number of nitriles is 1. The fourth-order valence-electron chi connectivity index (χ4n) is 5.95. The maximum absolute atomic E-state index is 9.16. The summed E-state index contributed by atoms with van der Waals surface area (Å²) in [6.07, 6.45) is 5.09. The summed E-state index contributed by atoms with van der Waals surface area (Å²) in [7, 11) is 0. The zero-order valence-corrected chi connectivity index (χ0v) is 23.8. The molecule has 7 rings (SSSR count). The second-order valence-corrected chi connectivity index (χ2v) is 11.0. The van der Waals surface area contributed by atoms with Gasteiger partial charge >= 0.3 is 0 Å². The zero-order valence-electron chi connectivity index (χ0n) is 23.8. The molecule has 0 atom stereocenters. The molecule has 4 aromatic heterocycles. The molecule has 216 valence electrons. The number of fused-ring (bicyclic) bond motifs is 1. The number of imidazole rings is 1. The summed E-state index contributed by atoms with van der Waals surface area (Å²) in [5.74, 6) is 2.34. The second-order valence-electron chi connectivity index (χ2n) is 11.0. The van der Waals surface area contributed by atoms with Crippen LogP contribution in [-0.4, -0.2) is 73.8 Å². The van der Waals surface area contributed by atoms with Crippen LogP contribution >= 0.6 is 0 Å². The average Bonchev–Trinajstić information content (AvgIpc) is 3.44. The number of nitrogen functional groups attached to an aromatic ring is 1. The Morgan fingerprint density at radius 3 is 2.51 bits per heavy atom. The molecule has 2 aliphatic rings. The fourth-order valence-corrected chi connectivity index (χ4v) is 5.95. The van der Waals surface area contributed by atoms with Crippen molar-refractivity contribution in [3.63, 3.8) is 0 Å². The third kappa shape index (κ3) is 5.50. The Morgan fingerprint density at radius 2 is 1.74 bits per heavy atom. The van der Waals surface area contributed by atoms with E-state index in [2.05, 4.69) is 71.8 Å². The van der Waals surface area contributed by atoms with E-state index in [4.69, 9.17) is 25.7 Å². The summed E-state index contributed by atoms with van der Waals surface area (Å²) in [6.45, 7) is 5.88. The smallest absolute Gasteiger partial charge is 0.165 e. The van der Waals surface area contributed by atoms with Crippen molar-refractivity contribution in [3.05, 3.63) is 84.1 Å². The lowest BCUT2D eigenvalue weighted by atomic mass is 9.96. The molecule has 2 saturated heterocycles. The van der Waals surface area contributed by atoms with Crippen molar-refractivity contribution in [2.24, 2.45) is 0 Å². The first kappa shape index (κ1) is 26.9. The molecule has 5 aromatic rings.